The summed E-state index contributed by atoms with van der Waals surface area (Å²) in [5, 5.41) is 2.44. The molecule has 1 aliphatic rings. The summed E-state index contributed by atoms with van der Waals surface area (Å²) in [4.78, 5) is 4.64. The Kier molecular flexibility index (Phi) is 6.38. The minimum atomic E-state index is -4.10. The number of piperazine rings is 1. The lowest BCUT2D eigenvalue weighted by atomic mass is 10.2. The van der Waals surface area contributed by atoms with Crippen LogP contribution in [-0.2, 0) is 0 Å². The molecule has 0 spiro atoms. The minimum Gasteiger partial charge on any atom is -0.307 e. The first-order valence-electron chi connectivity index (χ1n) is 6.59. The number of nitrogens with one attached hydrogen (secondary N) is 1. The van der Waals surface area contributed by atoms with Crippen LogP contribution in [0.5, 0.6) is 0 Å². The van der Waals surface area contributed by atoms with Crippen molar-refractivity contribution < 1.29 is 13.2 Å². The third-order valence-corrected chi connectivity index (χ3v) is 3.02. The maximum absolute atomic E-state index is 11.9. The van der Waals surface area contributed by atoms with E-state index in [1.165, 1.54) is 0 Å². The highest BCUT2D eigenvalue weighted by Crippen LogP contribution is 2.12. The van der Waals surface area contributed by atoms with Crippen LogP contribution in [0.1, 0.15) is 13.8 Å². The zero-order valence-corrected chi connectivity index (χ0v) is 11.3. The van der Waals surface area contributed by atoms with E-state index in [4.69, 9.17) is 0 Å². The Labute approximate surface area is 107 Å². The molecule has 0 aliphatic carbocycles. The van der Waals surface area contributed by atoms with Gasteiger partial charge in [0.2, 0.25) is 0 Å². The van der Waals surface area contributed by atoms with Crippen LogP contribution in [0.2, 0.25) is 0 Å². The number of hydrogen-bond donors (Lipinski definition) is 1. The summed E-state index contributed by atoms with van der Waals surface area (Å²) in [5.74, 6) is 0.671. The number of hydrogen-bond acceptors (Lipinski definition) is 3. The normalized spacial score (nSPS) is 19.7. The van der Waals surface area contributed by atoms with Gasteiger partial charge in [-0.05, 0) is 5.92 Å². The first kappa shape index (κ1) is 15.7. The Balaban J connectivity index is 2.05. The average molecular weight is 267 g/mol. The monoisotopic (exact) mass is 267 g/mol. The quantitative estimate of drug-likeness (QED) is 0.734. The Morgan fingerprint density at radius 3 is 2.11 bits per heavy atom. The first-order chi connectivity index (χ1) is 8.37. The van der Waals surface area contributed by atoms with Gasteiger partial charge in [-0.25, -0.2) is 0 Å². The predicted molar refractivity (Wildman–Crippen MR) is 66.6 cm³/mol. The number of halogens is 3. The predicted octanol–water partition coefficient (Wildman–Crippen LogP) is 1.41. The molecule has 1 rings (SSSR count). The van der Waals surface area contributed by atoms with Gasteiger partial charge in [0.15, 0.2) is 0 Å². The molecule has 18 heavy (non-hydrogen) atoms. The maximum Gasteiger partial charge on any atom is 0.401 e. The summed E-state index contributed by atoms with van der Waals surface area (Å²) in [6.07, 6.45) is -4.10. The summed E-state index contributed by atoms with van der Waals surface area (Å²) < 4.78 is 35.7. The third kappa shape index (κ3) is 7.18. The molecule has 1 fully saturated rings. The van der Waals surface area contributed by atoms with E-state index in [1.54, 1.807) is 0 Å². The van der Waals surface area contributed by atoms with Gasteiger partial charge in [0.1, 0.15) is 0 Å². The fourth-order valence-electron chi connectivity index (χ4n) is 2.18. The second kappa shape index (κ2) is 7.31. The molecule has 0 bridgehead atoms. The highest BCUT2D eigenvalue weighted by Gasteiger charge is 2.26. The van der Waals surface area contributed by atoms with Crippen molar-refractivity contribution in [1.29, 1.82) is 0 Å². The summed E-state index contributed by atoms with van der Waals surface area (Å²) in [6, 6.07) is 0. The fraction of sp³-hybridized carbons (Fsp3) is 1.00. The van der Waals surface area contributed by atoms with Crippen LogP contribution in [0.3, 0.4) is 0 Å². The zero-order valence-electron chi connectivity index (χ0n) is 11.3. The van der Waals surface area contributed by atoms with Gasteiger partial charge >= 0.3 is 6.18 Å². The van der Waals surface area contributed by atoms with Crippen molar-refractivity contribution in [3.8, 4) is 0 Å². The molecule has 0 amide bonds. The molecule has 0 aromatic carbocycles. The lowest BCUT2D eigenvalue weighted by Gasteiger charge is -2.35. The van der Waals surface area contributed by atoms with Gasteiger partial charge in [-0.2, -0.15) is 13.2 Å². The number of rotatable bonds is 6. The van der Waals surface area contributed by atoms with Gasteiger partial charge in [0.25, 0.3) is 0 Å². The average Bonchev–Trinajstić information content (AvgIpc) is 2.24. The molecular weight excluding hydrogens is 243 g/mol. The van der Waals surface area contributed by atoms with Crippen molar-refractivity contribution in [3.63, 3.8) is 0 Å². The molecule has 1 N–H and O–H groups in total. The molecule has 0 aromatic heterocycles. The van der Waals surface area contributed by atoms with Crippen molar-refractivity contribution in [2.45, 2.75) is 20.0 Å². The fourth-order valence-corrected chi connectivity index (χ4v) is 2.18. The van der Waals surface area contributed by atoms with Crippen LogP contribution in [0.15, 0.2) is 0 Å². The van der Waals surface area contributed by atoms with Crippen LogP contribution in [0.25, 0.3) is 0 Å². The van der Waals surface area contributed by atoms with Gasteiger partial charge in [-0.3, -0.25) is 4.90 Å². The van der Waals surface area contributed by atoms with Crippen LogP contribution < -0.4 is 5.32 Å². The molecular formula is C12H24F3N3. The lowest BCUT2D eigenvalue weighted by molar-refractivity contribution is -0.124. The molecule has 1 aliphatic heterocycles. The largest absolute Gasteiger partial charge is 0.401 e. The van der Waals surface area contributed by atoms with E-state index in [9.17, 15) is 13.2 Å². The second-order valence-corrected chi connectivity index (χ2v) is 5.33. The highest BCUT2D eigenvalue weighted by molar-refractivity contribution is 4.73. The van der Waals surface area contributed by atoms with E-state index in [1.807, 2.05) is 0 Å². The topological polar surface area (TPSA) is 18.5 Å². The van der Waals surface area contributed by atoms with Crippen LogP contribution in [-0.4, -0.2) is 68.3 Å². The lowest BCUT2D eigenvalue weighted by Crippen LogP contribution is -2.49. The van der Waals surface area contributed by atoms with Crippen molar-refractivity contribution in [3.05, 3.63) is 0 Å². The minimum absolute atomic E-state index is 0.406. The van der Waals surface area contributed by atoms with E-state index >= 15 is 0 Å². The highest BCUT2D eigenvalue weighted by atomic mass is 19.4. The van der Waals surface area contributed by atoms with Gasteiger partial charge in [0.05, 0.1) is 6.54 Å². The maximum atomic E-state index is 11.9. The standard InChI is InChI=1S/C12H24F3N3/c1-11(2)9-18-7-5-17(6-8-18)4-3-16-10-12(13,14)15/h11,16H,3-10H2,1-2H3. The van der Waals surface area contributed by atoms with Crippen LogP contribution >= 0.6 is 0 Å². The molecule has 6 heteroatoms. The van der Waals surface area contributed by atoms with Crippen molar-refractivity contribution >= 4 is 0 Å². The van der Waals surface area contributed by atoms with Gasteiger partial charge < -0.3 is 10.2 Å². The summed E-state index contributed by atoms with van der Waals surface area (Å²) >= 11 is 0. The van der Waals surface area contributed by atoms with E-state index < -0.39 is 12.7 Å². The molecule has 0 unspecified atom stereocenters. The second-order valence-electron chi connectivity index (χ2n) is 5.33. The molecule has 0 atom stereocenters. The summed E-state index contributed by atoms with van der Waals surface area (Å²) in [5.41, 5.74) is 0. The SMILES string of the molecule is CC(C)CN1CCN(CCNCC(F)(F)F)CC1. The van der Waals surface area contributed by atoms with Crippen molar-refractivity contribution in [2.24, 2.45) is 5.92 Å². The van der Waals surface area contributed by atoms with Gasteiger partial charge in [0, 0.05) is 45.8 Å². The van der Waals surface area contributed by atoms with E-state index in [2.05, 4.69) is 29.0 Å². The Morgan fingerprint density at radius 1 is 1.06 bits per heavy atom. The van der Waals surface area contributed by atoms with E-state index in [-0.39, 0.29) is 0 Å². The van der Waals surface area contributed by atoms with Crippen molar-refractivity contribution in [2.75, 3.05) is 52.4 Å². The molecule has 0 radical (unpaired) electrons. The van der Waals surface area contributed by atoms with Crippen molar-refractivity contribution in [1.82, 2.24) is 15.1 Å². The molecule has 1 saturated heterocycles. The molecule has 3 nitrogen and oxygen atoms in total. The molecule has 0 saturated carbocycles. The third-order valence-electron chi connectivity index (χ3n) is 3.02. The number of nitrogens with zero attached hydrogens (tertiary/aromatic N) is 2. The van der Waals surface area contributed by atoms with E-state index in [0.29, 0.717) is 19.0 Å². The van der Waals surface area contributed by atoms with Gasteiger partial charge in [-0.15, -0.1) is 0 Å². The molecule has 0 aromatic rings. The Morgan fingerprint density at radius 2 is 1.61 bits per heavy atom. The first-order valence-corrected chi connectivity index (χ1v) is 6.59. The summed E-state index contributed by atoms with van der Waals surface area (Å²) in [6.45, 7) is 9.70. The van der Waals surface area contributed by atoms with Gasteiger partial charge in [-0.1, -0.05) is 13.8 Å². The Bertz CT molecular complexity index is 223. The van der Waals surface area contributed by atoms with Crippen LogP contribution in [0, 0.1) is 5.92 Å². The van der Waals surface area contributed by atoms with Crippen LogP contribution in [0.4, 0.5) is 13.2 Å². The summed E-state index contributed by atoms with van der Waals surface area (Å²) in [7, 11) is 0. The van der Waals surface area contributed by atoms with E-state index in [0.717, 1.165) is 32.7 Å². The Hall–Kier alpha value is -0.330. The molecule has 1 heterocycles. The zero-order chi connectivity index (χ0) is 13.6. The number of alkyl halides is 3. The smallest absolute Gasteiger partial charge is 0.307 e. The molecule has 108 valence electrons.